The number of carbonyl (C=O) groups is 1. The second kappa shape index (κ2) is 5.58. The molecule has 0 fully saturated rings. The van der Waals surface area contributed by atoms with Gasteiger partial charge in [0.25, 0.3) is 0 Å². The zero-order valence-electron chi connectivity index (χ0n) is 11.5. The third-order valence-corrected chi connectivity index (χ3v) is 3.99. The second-order valence-corrected chi connectivity index (χ2v) is 5.51. The molecule has 0 spiro atoms. The van der Waals surface area contributed by atoms with Crippen molar-refractivity contribution in [1.82, 2.24) is 9.72 Å². The monoisotopic (exact) mass is 315 g/mol. The van der Waals surface area contributed by atoms with E-state index in [2.05, 4.69) is 16.1 Å². The lowest BCUT2D eigenvalue weighted by atomic mass is 10.3. The van der Waals surface area contributed by atoms with Gasteiger partial charge in [0.2, 0.25) is 0 Å². The lowest BCUT2D eigenvalue weighted by molar-refractivity contribution is 0.0989. The minimum Gasteiger partial charge on any atom is -0.361 e. The Morgan fingerprint density at radius 2 is 2.41 bits per heavy atom. The molecule has 0 atom stereocenters. The highest BCUT2D eigenvalue weighted by Crippen LogP contribution is 2.20. The topological polar surface area (TPSA) is 60.4 Å². The summed E-state index contributed by atoms with van der Waals surface area (Å²) in [6.45, 7) is 1.79. The van der Waals surface area contributed by atoms with Crippen molar-refractivity contribution < 1.29 is 13.7 Å². The lowest BCUT2D eigenvalue weighted by Crippen LogP contribution is -2.17. The molecule has 0 saturated carbocycles. The van der Waals surface area contributed by atoms with E-state index >= 15 is 0 Å². The van der Waals surface area contributed by atoms with Gasteiger partial charge in [0.15, 0.2) is 10.5 Å². The van der Waals surface area contributed by atoms with Crippen molar-refractivity contribution >= 4 is 27.5 Å². The Balaban J connectivity index is 2.20. The maximum absolute atomic E-state index is 14.0. The number of aryl methyl sites for hydroxylation is 1. The van der Waals surface area contributed by atoms with E-state index < -0.39 is 11.7 Å². The predicted molar refractivity (Wildman–Crippen MR) is 79.7 cm³/mol. The largest absolute Gasteiger partial charge is 0.361 e. The highest BCUT2D eigenvalue weighted by molar-refractivity contribution is 7.16. The molecule has 3 rings (SSSR count). The van der Waals surface area contributed by atoms with Gasteiger partial charge in [0.1, 0.15) is 11.6 Å². The Morgan fingerprint density at radius 1 is 1.59 bits per heavy atom. The molecule has 22 heavy (non-hydrogen) atoms. The average molecular weight is 315 g/mol. The fourth-order valence-electron chi connectivity index (χ4n) is 2.02. The number of halogens is 1. The van der Waals surface area contributed by atoms with Crippen LogP contribution in [0.25, 0.3) is 10.2 Å². The van der Waals surface area contributed by atoms with Crippen LogP contribution in [0, 0.1) is 25.1 Å². The molecule has 0 aliphatic heterocycles. The maximum Gasteiger partial charge on any atom is 0.301 e. The first-order valence-electron chi connectivity index (χ1n) is 6.34. The summed E-state index contributed by atoms with van der Waals surface area (Å²) in [5.41, 5.74) is 0.441. The molecule has 0 N–H and O–H groups in total. The third-order valence-electron chi connectivity index (χ3n) is 2.95. The van der Waals surface area contributed by atoms with Crippen LogP contribution in [0.5, 0.6) is 0 Å². The van der Waals surface area contributed by atoms with E-state index in [1.807, 2.05) is 0 Å². The predicted octanol–water partition coefficient (Wildman–Crippen LogP) is 2.51. The first-order valence-corrected chi connectivity index (χ1v) is 7.15. The first-order chi connectivity index (χ1) is 10.6. The van der Waals surface area contributed by atoms with E-state index in [9.17, 15) is 9.18 Å². The highest BCUT2D eigenvalue weighted by atomic mass is 32.1. The number of hydrogen-bond acceptors (Lipinski definition) is 4. The fraction of sp³-hybridized carbons (Fsp3) is 0.133. The molecule has 0 bridgehead atoms. The molecule has 0 saturated heterocycles. The van der Waals surface area contributed by atoms with Crippen LogP contribution in [0.4, 0.5) is 4.39 Å². The Morgan fingerprint density at radius 3 is 3.09 bits per heavy atom. The van der Waals surface area contributed by atoms with Gasteiger partial charge in [-0.15, -0.1) is 6.42 Å². The van der Waals surface area contributed by atoms with Gasteiger partial charge >= 0.3 is 5.91 Å². The number of terminal acetylenes is 1. The lowest BCUT2D eigenvalue weighted by Gasteiger charge is -2.00. The van der Waals surface area contributed by atoms with Gasteiger partial charge < -0.3 is 9.09 Å². The maximum atomic E-state index is 14.0. The van der Waals surface area contributed by atoms with Crippen molar-refractivity contribution in [2.75, 3.05) is 0 Å². The quantitative estimate of drug-likeness (QED) is 0.683. The van der Waals surface area contributed by atoms with Crippen molar-refractivity contribution in [2.45, 2.75) is 13.5 Å². The fourth-order valence-corrected chi connectivity index (χ4v) is 3.06. The van der Waals surface area contributed by atoms with E-state index in [4.69, 9.17) is 10.9 Å². The number of fused-ring (bicyclic) bond motifs is 1. The van der Waals surface area contributed by atoms with E-state index in [0.29, 0.717) is 20.8 Å². The molecular weight excluding hydrogens is 305 g/mol. The Labute approximate surface area is 128 Å². The number of rotatable bonds is 2. The van der Waals surface area contributed by atoms with Crippen molar-refractivity contribution in [2.24, 2.45) is 4.99 Å². The summed E-state index contributed by atoms with van der Waals surface area (Å²) in [5.74, 6) is 1.99. The number of hydrogen-bond donors (Lipinski definition) is 0. The molecule has 110 valence electrons. The standard InChI is InChI=1S/C15H10FN3O2S/c1-3-7-19-13-10(16)5-4-6-12(13)22-15(19)17-14(20)11-8-9(2)21-18-11/h1,4-6,8H,7H2,2H3. The van der Waals surface area contributed by atoms with Crippen LogP contribution in [-0.2, 0) is 6.54 Å². The van der Waals surface area contributed by atoms with E-state index in [0.717, 1.165) is 0 Å². The van der Waals surface area contributed by atoms with Crippen LogP contribution < -0.4 is 4.80 Å². The van der Waals surface area contributed by atoms with Crippen LogP contribution >= 0.6 is 11.3 Å². The normalized spacial score (nSPS) is 11.8. The van der Waals surface area contributed by atoms with Crippen LogP contribution in [-0.4, -0.2) is 15.6 Å². The molecule has 7 heteroatoms. The van der Waals surface area contributed by atoms with Crippen LogP contribution in [0.15, 0.2) is 33.8 Å². The number of para-hydroxylation sites is 1. The average Bonchev–Trinajstić information content (AvgIpc) is 3.05. The Bertz CT molecular complexity index is 975. The van der Waals surface area contributed by atoms with E-state index in [1.165, 1.54) is 28.0 Å². The highest BCUT2D eigenvalue weighted by Gasteiger charge is 2.13. The summed E-state index contributed by atoms with van der Waals surface area (Å²) < 4.78 is 21.0. The molecule has 0 aliphatic rings. The summed E-state index contributed by atoms with van der Waals surface area (Å²) in [5, 5.41) is 3.62. The zero-order valence-corrected chi connectivity index (χ0v) is 12.4. The molecule has 5 nitrogen and oxygen atoms in total. The summed E-state index contributed by atoms with van der Waals surface area (Å²) in [4.78, 5) is 16.4. The van der Waals surface area contributed by atoms with Gasteiger partial charge in [-0.1, -0.05) is 28.5 Å². The van der Waals surface area contributed by atoms with Crippen molar-refractivity contribution in [3.63, 3.8) is 0 Å². The third kappa shape index (κ3) is 2.44. The summed E-state index contributed by atoms with van der Waals surface area (Å²) >= 11 is 1.19. The summed E-state index contributed by atoms with van der Waals surface area (Å²) in [7, 11) is 0. The molecule has 3 aromatic rings. The number of benzene rings is 1. The molecule has 0 unspecified atom stereocenters. The van der Waals surface area contributed by atoms with Crippen LogP contribution in [0.2, 0.25) is 0 Å². The van der Waals surface area contributed by atoms with Gasteiger partial charge in [0.05, 0.1) is 16.8 Å². The van der Waals surface area contributed by atoms with Gasteiger partial charge in [-0.05, 0) is 19.1 Å². The van der Waals surface area contributed by atoms with E-state index in [1.54, 1.807) is 19.1 Å². The number of amides is 1. The van der Waals surface area contributed by atoms with Gasteiger partial charge in [-0.2, -0.15) is 4.99 Å². The summed E-state index contributed by atoms with van der Waals surface area (Å²) in [6, 6.07) is 6.18. The van der Waals surface area contributed by atoms with Crippen LogP contribution in [0.1, 0.15) is 16.2 Å². The van der Waals surface area contributed by atoms with Gasteiger partial charge in [-0.3, -0.25) is 4.79 Å². The minimum absolute atomic E-state index is 0.0997. The zero-order chi connectivity index (χ0) is 15.7. The van der Waals surface area contributed by atoms with Crippen molar-refractivity contribution in [1.29, 1.82) is 0 Å². The molecular formula is C15H10FN3O2S. The second-order valence-electron chi connectivity index (χ2n) is 4.50. The number of carbonyl (C=O) groups excluding carboxylic acids is 1. The molecule has 1 amide bonds. The van der Waals surface area contributed by atoms with Crippen molar-refractivity contribution in [3.05, 3.63) is 46.3 Å². The molecule has 2 aromatic heterocycles. The molecule has 2 heterocycles. The number of thiazole rings is 1. The first kappa shape index (κ1) is 14.2. The van der Waals surface area contributed by atoms with Crippen LogP contribution in [0.3, 0.4) is 0 Å². The molecule has 1 aromatic carbocycles. The Hall–Kier alpha value is -2.72. The molecule has 0 aliphatic carbocycles. The van der Waals surface area contributed by atoms with Gasteiger partial charge in [-0.25, -0.2) is 4.39 Å². The SMILES string of the molecule is C#CCn1c(=NC(=O)c2cc(C)on2)sc2cccc(F)c21. The number of aromatic nitrogens is 2. The molecule has 0 radical (unpaired) electrons. The van der Waals surface area contributed by atoms with Crippen molar-refractivity contribution in [3.8, 4) is 12.3 Å². The van der Waals surface area contributed by atoms with Gasteiger partial charge in [0, 0.05) is 6.07 Å². The minimum atomic E-state index is -0.561. The van der Waals surface area contributed by atoms with E-state index in [-0.39, 0.29) is 12.2 Å². The Kier molecular flexibility index (Phi) is 3.61. The summed E-state index contributed by atoms with van der Waals surface area (Å²) in [6.07, 6.45) is 5.33. The number of nitrogens with zero attached hydrogens (tertiary/aromatic N) is 3. The smallest absolute Gasteiger partial charge is 0.301 e.